The van der Waals surface area contributed by atoms with E-state index in [-0.39, 0.29) is 12.5 Å². The Morgan fingerprint density at radius 1 is 1.04 bits per heavy atom. The number of rotatable bonds is 7. The van der Waals surface area contributed by atoms with Gasteiger partial charge in [0.05, 0.1) is 10.7 Å². The Kier molecular flexibility index (Phi) is 6.55. The number of hydrogen-bond donors (Lipinski definition) is 0. The summed E-state index contributed by atoms with van der Waals surface area (Å²) < 4.78 is 5.33. The van der Waals surface area contributed by atoms with Crippen LogP contribution in [0.25, 0.3) is 11.3 Å². The summed E-state index contributed by atoms with van der Waals surface area (Å²) in [4.78, 5) is 31.7. The Morgan fingerprint density at radius 2 is 1.68 bits per heavy atom. The van der Waals surface area contributed by atoms with Gasteiger partial charge in [0.1, 0.15) is 4.88 Å². The van der Waals surface area contributed by atoms with Gasteiger partial charge in [-0.25, -0.2) is 9.78 Å². The molecule has 0 aliphatic rings. The predicted octanol–water partition coefficient (Wildman–Crippen LogP) is 4.32. The lowest BCUT2D eigenvalue weighted by Crippen LogP contribution is -2.34. The standard InChI is InChI=1S/C22H22N2O3S/c1-3-24(14-17-10-6-4-7-11-17)19(25)15-27-22(26)21-20(23-16(2)28-21)18-12-8-5-9-13-18/h4-13H,3,14-15H2,1-2H3. The molecular weight excluding hydrogens is 372 g/mol. The van der Waals surface area contributed by atoms with Crippen LogP contribution in [0, 0.1) is 6.92 Å². The lowest BCUT2D eigenvalue weighted by Gasteiger charge is -2.20. The van der Waals surface area contributed by atoms with Crippen molar-refractivity contribution >= 4 is 23.2 Å². The molecule has 3 aromatic rings. The number of benzene rings is 2. The molecule has 0 bridgehead atoms. The maximum atomic E-state index is 12.6. The van der Waals surface area contributed by atoms with Crippen LogP contribution in [-0.4, -0.2) is 34.9 Å². The van der Waals surface area contributed by atoms with Gasteiger partial charge in [-0.05, 0) is 19.4 Å². The number of nitrogens with zero attached hydrogens (tertiary/aromatic N) is 2. The Bertz CT molecular complexity index is 939. The van der Waals surface area contributed by atoms with Gasteiger partial charge in [-0.3, -0.25) is 4.79 Å². The molecule has 0 saturated carbocycles. The van der Waals surface area contributed by atoms with Gasteiger partial charge in [0, 0.05) is 18.7 Å². The molecule has 28 heavy (non-hydrogen) atoms. The molecule has 0 radical (unpaired) electrons. The largest absolute Gasteiger partial charge is 0.451 e. The summed E-state index contributed by atoms with van der Waals surface area (Å²) in [6.45, 7) is 4.49. The van der Waals surface area contributed by atoms with Gasteiger partial charge in [0.15, 0.2) is 6.61 Å². The number of hydrogen-bond acceptors (Lipinski definition) is 5. The quantitative estimate of drug-likeness (QED) is 0.560. The number of ether oxygens (including phenoxy) is 1. The molecule has 0 atom stereocenters. The van der Waals surface area contributed by atoms with Crippen molar-refractivity contribution in [2.45, 2.75) is 20.4 Å². The summed E-state index contributed by atoms with van der Waals surface area (Å²) in [7, 11) is 0. The first-order chi connectivity index (χ1) is 13.6. The highest BCUT2D eigenvalue weighted by molar-refractivity contribution is 7.14. The molecule has 1 amide bonds. The van der Waals surface area contributed by atoms with Gasteiger partial charge in [-0.1, -0.05) is 60.7 Å². The molecule has 0 spiro atoms. The van der Waals surface area contributed by atoms with Crippen molar-refractivity contribution in [2.75, 3.05) is 13.2 Å². The molecule has 6 heteroatoms. The molecule has 3 rings (SSSR count). The molecule has 2 aromatic carbocycles. The zero-order chi connectivity index (χ0) is 19.9. The van der Waals surface area contributed by atoms with E-state index >= 15 is 0 Å². The molecular formula is C22H22N2O3S. The summed E-state index contributed by atoms with van der Waals surface area (Å²) in [6.07, 6.45) is 0. The van der Waals surface area contributed by atoms with Crippen LogP contribution < -0.4 is 0 Å². The molecule has 5 nitrogen and oxygen atoms in total. The average Bonchev–Trinajstić information content (AvgIpc) is 3.13. The Morgan fingerprint density at radius 3 is 2.32 bits per heavy atom. The second-order valence-electron chi connectivity index (χ2n) is 6.25. The second-order valence-corrected chi connectivity index (χ2v) is 7.45. The van der Waals surface area contributed by atoms with Crippen LogP contribution in [0.15, 0.2) is 60.7 Å². The van der Waals surface area contributed by atoms with E-state index in [1.165, 1.54) is 11.3 Å². The minimum Gasteiger partial charge on any atom is -0.451 e. The van der Waals surface area contributed by atoms with E-state index in [0.29, 0.717) is 23.7 Å². The van der Waals surface area contributed by atoms with Crippen molar-refractivity contribution in [1.29, 1.82) is 0 Å². The molecule has 1 heterocycles. The van der Waals surface area contributed by atoms with E-state index in [1.54, 1.807) is 4.90 Å². The highest BCUT2D eigenvalue weighted by atomic mass is 32.1. The van der Waals surface area contributed by atoms with E-state index in [0.717, 1.165) is 16.1 Å². The van der Waals surface area contributed by atoms with Gasteiger partial charge in [0.25, 0.3) is 5.91 Å². The van der Waals surface area contributed by atoms with Crippen molar-refractivity contribution in [1.82, 2.24) is 9.88 Å². The number of aromatic nitrogens is 1. The van der Waals surface area contributed by atoms with Crippen molar-refractivity contribution in [3.8, 4) is 11.3 Å². The Balaban J connectivity index is 1.66. The molecule has 144 valence electrons. The molecule has 0 aliphatic heterocycles. The first-order valence-electron chi connectivity index (χ1n) is 9.10. The number of esters is 1. The molecule has 0 saturated heterocycles. The Hall–Kier alpha value is -2.99. The minimum absolute atomic E-state index is 0.220. The SMILES string of the molecule is CCN(Cc1ccccc1)C(=O)COC(=O)c1sc(C)nc1-c1ccccc1. The van der Waals surface area contributed by atoms with E-state index in [2.05, 4.69) is 4.98 Å². The van der Waals surface area contributed by atoms with Crippen LogP contribution in [0.5, 0.6) is 0 Å². The Labute approximate surface area is 168 Å². The number of amides is 1. The molecule has 0 fully saturated rings. The van der Waals surface area contributed by atoms with Gasteiger partial charge in [-0.15, -0.1) is 11.3 Å². The maximum absolute atomic E-state index is 12.6. The molecule has 0 unspecified atom stereocenters. The lowest BCUT2D eigenvalue weighted by molar-refractivity contribution is -0.134. The van der Waals surface area contributed by atoms with Crippen LogP contribution in [0.3, 0.4) is 0 Å². The van der Waals surface area contributed by atoms with Crippen molar-refractivity contribution in [3.05, 3.63) is 76.1 Å². The lowest BCUT2D eigenvalue weighted by atomic mass is 10.1. The number of carbonyl (C=O) groups excluding carboxylic acids is 2. The average molecular weight is 394 g/mol. The topological polar surface area (TPSA) is 59.5 Å². The van der Waals surface area contributed by atoms with E-state index in [4.69, 9.17) is 4.74 Å². The first-order valence-corrected chi connectivity index (χ1v) is 9.91. The van der Waals surface area contributed by atoms with E-state index < -0.39 is 5.97 Å². The zero-order valence-corrected chi connectivity index (χ0v) is 16.7. The number of thiazole rings is 1. The fraction of sp³-hybridized carbons (Fsp3) is 0.227. The zero-order valence-electron chi connectivity index (χ0n) is 15.9. The second kappa shape index (κ2) is 9.28. The van der Waals surface area contributed by atoms with Crippen molar-refractivity contribution in [2.24, 2.45) is 0 Å². The summed E-state index contributed by atoms with van der Waals surface area (Å²) in [5.74, 6) is -0.740. The van der Waals surface area contributed by atoms with Gasteiger partial charge < -0.3 is 9.64 Å². The van der Waals surface area contributed by atoms with Gasteiger partial charge in [-0.2, -0.15) is 0 Å². The van der Waals surface area contributed by atoms with Crippen LogP contribution in [0.2, 0.25) is 0 Å². The smallest absolute Gasteiger partial charge is 0.351 e. The summed E-state index contributed by atoms with van der Waals surface area (Å²) in [5, 5.41) is 0.774. The van der Waals surface area contributed by atoms with Crippen LogP contribution in [-0.2, 0) is 16.1 Å². The van der Waals surface area contributed by atoms with Gasteiger partial charge in [0.2, 0.25) is 0 Å². The highest BCUT2D eigenvalue weighted by Crippen LogP contribution is 2.28. The van der Waals surface area contributed by atoms with Crippen LogP contribution in [0.4, 0.5) is 0 Å². The molecule has 0 N–H and O–H groups in total. The fourth-order valence-electron chi connectivity index (χ4n) is 2.82. The number of carbonyl (C=O) groups is 2. The summed E-state index contributed by atoms with van der Waals surface area (Å²) in [5.41, 5.74) is 2.48. The van der Waals surface area contributed by atoms with Crippen LogP contribution in [0.1, 0.15) is 27.2 Å². The first kappa shape index (κ1) is 19.8. The van der Waals surface area contributed by atoms with Crippen molar-refractivity contribution < 1.29 is 14.3 Å². The minimum atomic E-state index is -0.520. The van der Waals surface area contributed by atoms with E-state index in [1.807, 2.05) is 74.5 Å². The third-order valence-corrected chi connectivity index (χ3v) is 5.19. The van der Waals surface area contributed by atoms with E-state index in [9.17, 15) is 9.59 Å². The molecule has 1 aromatic heterocycles. The molecule has 0 aliphatic carbocycles. The third kappa shape index (κ3) is 4.84. The maximum Gasteiger partial charge on any atom is 0.351 e. The number of aryl methyl sites for hydroxylation is 1. The monoisotopic (exact) mass is 394 g/mol. The third-order valence-electron chi connectivity index (χ3n) is 4.24. The van der Waals surface area contributed by atoms with Crippen molar-refractivity contribution in [3.63, 3.8) is 0 Å². The van der Waals surface area contributed by atoms with Crippen LogP contribution >= 0.6 is 11.3 Å². The summed E-state index contributed by atoms with van der Waals surface area (Å²) in [6, 6.07) is 19.2. The summed E-state index contributed by atoms with van der Waals surface area (Å²) >= 11 is 1.28. The van der Waals surface area contributed by atoms with Gasteiger partial charge >= 0.3 is 5.97 Å². The highest BCUT2D eigenvalue weighted by Gasteiger charge is 2.21. The normalized spacial score (nSPS) is 10.5. The number of likely N-dealkylation sites (N-methyl/N-ethyl adjacent to an activating group) is 1. The predicted molar refractivity (Wildman–Crippen MR) is 110 cm³/mol. The fourth-order valence-corrected chi connectivity index (χ4v) is 3.66.